The highest BCUT2D eigenvalue weighted by molar-refractivity contribution is 7.07. The van der Waals surface area contributed by atoms with Crippen LogP contribution in [0.1, 0.15) is 11.1 Å². The van der Waals surface area contributed by atoms with Crippen molar-refractivity contribution in [2.45, 2.75) is 6.18 Å². The second kappa shape index (κ2) is 8.37. The molecule has 0 amide bonds. The maximum atomic E-state index is 13.1. The molecule has 0 saturated heterocycles. The van der Waals surface area contributed by atoms with Gasteiger partial charge in [-0.05, 0) is 36.4 Å². The minimum atomic E-state index is -4.63. The fraction of sp³-hybridized carbons (Fsp3) is 0.0500. The molecule has 3 aromatic rings. The molecule has 0 aliphatic carbocycles. The summed E-state index contributed by atoms with van der Waals surface area (Å²) >= 11 is 13.0. The van der Waals surface area contributed by atoms with Gasteiger partial charge in [-0.15, -0.1) is 11.3 Å². The van der Waals surface area contributed by atoms with Crippen LogP contribution < -0.4 is 14.8 Å². The van der Waals surface area contributed by atoms with Crippen molar-refractivity contribution < 1.29 is 13.2 Å². The number of hydrogen-bond donors (Lipinski definition) is 0. The Morgan fingerprint density at radius 1 is 1.07 bits per heavy atom. The summed E-state index contributed by atoms with van der Waals surface area (Å²) in [6.45, 7) is 0. The lowest BCUT2D eigenvalue weighted by Crippen LogP contribution is -2.30. The molecule has 0 N–H and O–H groups in total. The monoisotopic (exact) mass is 465 g/mol. The van der Waals surface area contributed by atoms with Gasteiger partial charge in [-0.25, -0.2) is 0 Å². The molecule has 0 fully saturated rings. The van der Waals surface area contributed by atoms with Gasteiger partial charge in [0.15, 0.2) is 5.57 Å². The zero-order valence-electron chi connectivity index (χ0n) is 14.7. The number of aromatic nitrogens is 1. The highest BCUT2D eigenvalue weighted by atomic mass is 35.5. The normalized spacial score (nSPS) is 11.8. The summed E-state index contributed by atoms with van der Waals surface area (Å²) in [5, 5.41) is 19.0. The Hall–Kier alpha value is -3.04. The Morgan fingerprint density at radius 2 is 1.67 bits per heavy atom. The molecule has 2 aromatic carbocycles. The van der Waals surface area contributed by atoms with Gasteiger partial charge in [0.05, 0.1) is 15.8 Å². The second-order valence-corrected chi connectivity index (χ2v) is 7.68. The molecule has 0 saturated carbocycles. The molecular formula is C20H8Cl2F3N3OS. The predicted molar refractivity (Wildman–Crippen MR) is 109 cm³/mol. The van der Waals surface area contributed by atoms with Crippen LogP contribution in [-0.4, -0.2) is 4.57 Å². The van der Waals surface area contributed by atoms with Crippen LogP contribution in [0.3, 0.4) is 0 Å². The maximum absolute atomic E-state index is 13.1. The maximum Gasteiger partial charge on any atom is 0.416 e. The van der Waals surface area contributed by atoms with E-state index in [2.05, 4.69) is 0 Å². The van der Waals surface area contributed by atoms with Gasteiger partial charge in [-0.2, -0.15) is 23.7 Å². The molecule has 30 heavy (non-hydrogen) atoms. The zero-order chi connectivity index (χ0) is 22.1. The van der Waals surface area contributed by atoms with Gasteiger partial charge in [0, 0.05) is 15.6 Å². The number of thiazole rings is 1. The molecule has 0 unspecified atom stereocenters. The number of rotatable bonds is 2. The Morgan fingerprint density at radius 3 is 2.23 bits per heavy atom. The van der Waals surface area contributed by atoms with Gasteiger partial charge in [-0.1, -0.05) is 35.3 Å². The fourth-order valence-corrected chi connectivity index (χ4v) is 4.15. The van der Waals surface area contributed by atoms with E-state index in [0.29, 0.717) is 5.56 Å². The summed E-state index contributed by atoms with van der Waals surface area (Å²) in [6, 6.07) is 12.1. The lowest BCUT2D eigenvalue weighted by atomic mass is 10.2. The van der Waals surface area contributed by atoms with Crippen LogP contribution in [0.2, 0.25) is 10.0 Å². The Labute approximate surface area is 181 Å². The van der Waals surface area contributed by atoms with Crippen LogP contribution in [0.15, 0.2) is 47.3 Å². The number of nitrogens with zero attached hydrogens (tertiary/aromatic N) is 3. The van der Waals surface area contributed by atoms with Crippen molar-refractivity contribution in [2.75, 3.05) is 0 Å². The van der Waals surface area contributed by atoms with Crippen molar-refractivity contribution in [3.05, 3.63) is 83.2 Å². The smallest absolute Gasteiger partial charge is 0.267 e. The first-order chi connectivity index (χ1) is 14.2. The summed E-state index contributed by atoms with van der Waals surface area (Å²) in [5.74, 6) is 0. The molecule has 0 aliphatic rings. The molecule has 3 rings (SSSR count). The summed E-state index contributed by atoms with van der Waals surface area (Å²) in [4.78, 5) is 13.1. The lowest BCUT2D eigenvalue weighted by Gasteiger charge is -2.09. The molecule has 1 aromatic heterocycles. The first kappa shape index (κ1) is 21.7. The molecule has 1 heterocycles. The Kier molecular flexibility index (Phi) is 6.04. The molecule has 0 radical (unpaired) electrons. The van der Waals surface area contributed by atoms with E-state index in [4.69, 9.17) is 23.2 Å². The van der Waals surface area contributed by atoms with Gasteiger partial charge < -0.3 is 0 Å². The highest BCUT2D eigenvalue weighted by Gasteiger charge is 2.30. The number of hydrogen-bond acceptors (Lipinski definition) is 4. The largest absolute Gasteiger partial charge is 0.416 e. The Balaban J connectivity index is 2.43. The van der Waals surface area contributed by atoms with Gasteiger partial charge in [0.25, 0.3) is 5.56 Å². The number of halogens is 5. The van der Waals surface area contributed by atoms with Crippen molar-refractivity contribution in [2.24, 2.45) is 0 Å². The standard InChI is InChI=1S/C20H8Cl2F3N3OS/c21-15-5-2-6-16(22)14(15)8-17-18(29)28(19(30-17)11(9-26)10-27)13-4-1-3-12(7-13)20(23,24)25/h1-8H. The molecule has 0 bridgehead atoms. The van der Waals surface area contributed by atoms with Crippen LogP contribution in [0.25, 0.3) is 17.3 Å². The van der Waals surface area contributed by atoms with Crippen LogP contribution in [0.4, 0.5) is 13.2 Å². The predicted octanol–water partition coefficient (Wildman–Crippen LogP) is 4.25. The van der Waals surface area contributed by atoms with Crippen molar-refractivity contribution in [1.29, 1.82) is 10.5 Å². The van der Waals surface area contributed by atoms with Gasteiger partial charge in [-0.3, -0.25) is 9.36 Å². The minimum Gasteiger partial charge on any atom is -0.267 e. The van der Waals surface area contributed by atoms with E-state index in [0.717, 1.165) is 34.1 Å². The SMILES string of the molecule is N#CC(C#N)=c1sc(=Cc2c(Cl)cccc2Cl)c(=O)n1-c1cccc(C(F)(F)F)c1. The number of nitriles is 2. The van der Waals surface area contributed by atoms with E-state index < -0.39 is 22.9 Å². The summed E-state index contributed by atoms with van der Waals surface area (Å²) < 4.78 is 40.2. The first-order valence-electron chi connectivity index (χ1n) is 8.07. The van der Waals surface area contributed by atoms with E-state index in [-0.39, 0.29) is 24.9 Å². The average Bonchev–Trinajstić information content (AvgIpc) is 3.01. The third kappa shape index (κ3) is 4.12. The van der Waals surface area contributed by atoms with E-state index >= 15 is 0 Å². The van der Waals surface area contributed by atoms with Crippen LogP contribution >= 0.6 is 34.5 Å². The average molecular weight is 466 g/mol. The van der Waals surface area contributed by atoms with Gasteiger partial charge in [0.1, 0.15) is 16.8 Å². The number of benzene rings is 2. The third-order valence-corrected chi connectivity index (χ3v) is 5.72. The minimum absolute atomic E-state index is 0.0420. The molecule has 4 nitrogen and oxygen atoms in total. The first-order valence-corrected chi connectivity index (χ1v) is 9.64. The van der Waals surface area contributed by atoms with Gasteiger partial charge >= 0.3 is 6.18 Å². The van der Waals surface area contributed by atoms with E-state index in [1.165, 1.54) is 12.1 Å². The fourth-order valence-electron chi connectivity index (χ4n) is 2.61. The van der Waals surface area contributed by atoms with E-state index in [9.17, 15) is 28.5 Å². The van der Waals surface area contributed by atoms with Crippen molar-refractivity contribution in [1.82, 2.24) is 4.57 Å². The van der Waals surface area contributed by atoms with Crippen LogP contribution in [-0.2, 0) is 6.18 Å². The summed E-state index contributed by atoms with van der Waals surface area (Å²) in [6.07, 6.45) is -3.26. The Bertz CT molecular complexity index is 1370. The lowest BCUT2D eigenvalue weighted by molar-refractivity contribution is -0.137. The van der Waals surface area contributed by atoms with Crippen molar-refractivity contribution in [3.63, 3.8) is 0 Å². The van der Waals surface area contributed by atoms with Crippen molar-refractivity contribution >= 4 is 46.2 Å². The molecule has 0 atom stereocenters. The van der Waals surface area contributed by atoms with Crippen LogP contribution in [0, 0.1) is 22.7 Å². The highest BCUT2D eigenvalue weighted by Crippen LogP contribution is 2.30. The van der Waals surface area contributed by atoms with Crippen molar-refractivity contribution in [3.8, 4) is 17.8 Å². The summed E-state index contributed by atoms with van der Waals surface area (Å²) in [7, 11) is 0. The number of alkyl halides is 3. The summed E-state index contributed by atoms with van der Waals surface area (Å²) in [5.41, 5.74) is -1.90. The quantitative estimate of drug-likeness (QED) is 0.567. The van der Waals surface area contributed by atoms with Crippen LogP contribution in [0.5, 0.6) is 0 Å². The zero-order valence-corrected chi connectivity index (χ0v) is 17.0. The third-order valence-electron chi connectivity index (χ3n) is 3.97. The topological polar surface area (TPSA) is 69.6 Å². The van der Waals surface area contributed by atoms with E-state index in [1.807, 2.05) is 0 Å². The molecule has 0 spiro atoms. The van der Waals surface area contributed by atoms with Gasteiger partial charge in [0.2, 0.25) is 0 Å². The molecule has 0 aliphatic heterocycles. The second-order valence-electron chi connectivity index (χ2n) is 5.84. The van der Waals surface area contributed by atoms with E-state index in [1.54, 1.807) is 30.3 Å². The molecular weight excluding hydrogens is 458 g/mol. The molecule has 150 valence electrons. The molecule has 10 heteroatoms.